The molecule has 25 heavy (non-hydrogen) atoms. The lowest BCUT2D eigenvalue weighted by atomic mass is 10.1. The molecule has 0 aromatic carbocycles. The topological polar surface area (TPSA) is 57.5 Å². The number of aliphatic hydroxyl groups excluding tert-OH is 1. The van der Waals surface area contributed by atoms with E-state index in [0.717, 1.165) is 44.9 Å². The van der Waals surface area contributed by atoms with Crippen LogP contribution in [0.15, 0.2) is 60.8 Å². The molecule has 2 N–H and O–H groups in total. The van der Waals surface area contributed by atoms with Gasteiger partial charge in [0.05, 0.1) is 6.10 Å². The largest absolute Gasteiger partial charge is 0.481 e. The van der Waals surface area contributed by atoms with Gasteiger partial charge in [0.25, 0.3) is 0 Å². The Bertz CT molecular complexity index is 456. The highest BCUT2D eigenvalue weighted by Gasteiger charge is 1.95. The van der Waals surface area contributed by atoms with Gasteiger partial charge in [-0.3, -0.25) is 4.79 Å². The minimum absolute atomic E-state index is 0.274. The van der Waals surface area contributed by atoms with E-state index in [0.29, 0.717) is 6.42 Å². The van der Waals surface area contributed by atoms with Gasteiger partial charge >= 0.3 is 5.97 Å². The summed E-state index contributed by atoms with van der Waals surface area (Å²) >= 11 is 0. The van der Waals surface area contributed by atoms with E-state index < -0.39 is 12.1 Å². The molecule has 3 nitrogen and oxygen atoms in total. The summed E-state index contributed by atoms with van der Waals surface area (Å²) in [5, 5.41) is 18.3. The second kappa shape index (κ2) is 18.5. The average Bonchev–Trinajstić information content (AvgIpc) is 2.58. The molecule has 0 aromatic heterocycles. The van der Waals surface area contributed by atoms with Crippen LogP contribution in [0, 0.1) is 0 Å². The number of hydrogen-bond acceptors (Lipinski definition) is 2. The smallest absolute Gasteiger partial charge is 0.303 e. The van der Waals surface area contributed by atoms with Crippen LogP contribution in [0.2, 0.25) is 0 Å². The van der Waals surface area contributed by atoms with Crippen molar-refractivity contribution in [1.29, 1.82) is 0 Å². The Morgan fingerprint density at radius 3 is 2.36 bits per heavy atom. The Morgan fingerprint density at radius 2 is 1.60 bits per heavy atom. The molecule has 0 bridgehead atoms. The summed E-state index contributed by atoms with van der Waals surface area (Å²) < 4.78 is 0. The monoisotopic (exact) mass is 346 g/mol. The molecule has 0 aliphatic carbocycles. The minimum atomic E-state index is -0.709. The van der Waals surface area contributed by atoms with Crippen LogP contribution in [-0.2, 0) is 4.79 Å². The summed E-state index contributed by atoms with van der Waals surface area (Å²) in [5.41, 5.74) is 0. The standard InChI is InChI=1S/C22H34O3/c1-2-3-4-5-12-15-18-21(23)19-16-13-10-8-6-7-9-11-14-17-20-22(24)25/h3-4,6-7,10,12-13,15-16,19,21,23H,2,5,8-9,11,14,17-18,20H2,1H3,(H,24,25). The van der Waals surface area contributed by atoms with Crippen LogP contribution in [0.1, 0.15) is 64.7 Å². The second-order valence-electron chi connectivity index (χ2n) is 5.90. The van der Waals surface area contributed by atoms with Crippen LogP contribution < -0.4 is 0 Å². The van der Waals surface area contributed by atoms with E-state index in [1.807, 2.05) is 18.2 Å². The van der Waals surface area contributed by atoms with Gasteiger partial charge in [-0.25, -0.2) is 0 Å². The number of unbranched alkanes of at least 4 members (excludes halogenated alkanes) is 3. The van der Waals surface area contributed by atoms with E-state index in [1.165, 1.54) is 0 Å². The molecule has 0 rings (SSSR count). The fourth-order valence-corrected chi connectivity index (χ4v) is 2.11. The molecule has 0 heterocycles. The molecule has 1 atom stereocenters. The third-order valence-electron chi connectivity index (χ3n) is 3.50. The summed E-state index contributed by atoms with van der Waals surface area (Å²) in [6.07, 6.45) is 27.4. The normalized spacial score (nSPS) is 14.0. The highest BCUT2D eigenvalue weighted by atomic mass is 16.4. The van der Waals surface area contributed by atoms with Crippen LogP contribution in [0.3, 0.4) is 0 Å². The highest BCUT2D eigenvalue weighted by molar-refractivity contribution is 5.66. The van der Waals surface area contributed by atoms with Crippen LogP contribution >= 0.6 is 0 Å². The number of carboxylic acids is 1. The number of aliphatic carboxylic acids is 1. The van der Waals surface area contributed by atoms with Gasteiger partial charge in [0.1, 0.15) is 0 Å². The number of allylic oxidation sites excluding steroid dienone is 8. The van der Waals surface area contributed by atoms with Crippen molar-refractivity contribution in [2.24, 2.45) is 0 Å². The molecule has 0 saturated heterocycles. The SMILES string of the molecule is CCC=CCC=CCC(O)C=CC=CCC=CCCCCCC(=O)O. The van der Waals surface area contributed by atoms with E-state index in [4.69, 9.17) is 5.11 Å². The Morgan fingerprint density at radius 1 is 0.880 bits per heavy atom. The number of carboxylic acid groups (broad SMARTS) is 1. The first-order valence-electron chi connectivity index (χ1n) is 9.35. The Hall–Kier alpha value is -1.87. The molecular formula is C22H34O3. The molecule has 0 saturated carbocycles. The lowest BCUT2D eigenvalue weighted by molar-refractivity contribution is -0.137. The number of aliphatic hydroxyl groups is 1. The molecular weight excluding hydrogens is 312 g/mol. The highest BCUT2D eigenvalue weighted by Crippen LogP contribution is 2.04. The van der Waals surface area contributed by atoms with Crippen molar-refractivity contribution >= 4 is 5.97 Å². The van der Waals surface area contributed by atoms with Crippen molar-refractivity contribution in [3.8, 4) is 0 Å². The molecule has 0 aliphatic rings. The molecule has 140 valence electrons. The van der Waals surface area contributed by atoms with Crippen molar-refractivity contribution in [3.05, 3.63) is 60.8 Å². The van der Waals surface area contributed by atoms with Gasteiger partial charge in [-0.1, -0.05) is 74.1 Å². The van der Waals surface area contributed by atoms with Crippen LogP contribution in [0.4, 0.5) is 0 Å². The molecule has 0 aromatic rings. The number of hydrogen-bond donors (Lipinski definition) is 2. The summed E-state index contributed by atoms with van der Waals surface area (Å²) in [5.74, 6) is -0.709. The van der Waals surface area contributed by atoms with Gasteiger partial charge in [0.15, 0.2) is 0 Å². The van der Waals surface area contributed by atoms with E-state index in [2.05, 4.69) is 43.4 Å². The third kappa shape index (κ3) is 20.1. The maximum atomic E-state index is 10.4. The fraction of sp³-hybridized carbons (Fsp3) is 0.500. The average molecular weight is 347 g/mol. The lowest BCUT2D eigenvalue weighted by Crippen LogP contribution is -1.98. The van der Waals surface area contributed by atoms with Crippen molar-refractivity contribution in [2.45, 2.75) is 70.8 Å². The summed E-state index contributed by atoms with van der Waals surface area (Å²) in [7, 11) is 0. The van der Waals surface area contributed by atoms with E-state index in [1.54, 1.807) is 6.08 Å². The van der Waals surface area contributed by atoms with Gasteiger partial charge < -0.3 is 10.2 Å². The third-order valence-corrected chi connectivity index (χ3v) is 3.50. The quantitative estimate of drug-likeness (QED) is 0.226. The second-order valence-corrected chi connectivity index (χ2v) is 5.90. The van der Waals surface area contributed by atoms with E-state index >= 15 is 0 Å². The van der Waals surface area contributed by atoms with Gasteiger partial charge in [-0.2, -0.15) is 0 Å². The molecule has 0 fully saturated rings. The van der Waals surface area contributed by atoms with Crippen LogP contribution in [-0.4, -0.2) is 22.3 Å². The van der Waals surface area contributed by atoms with Crippen LogP contribution in [0.25, 0.3) is 0 Å². The van der Waals surface area contributed by atoms with Gasteiger partial charge in [-0.15, -0.1) is 0 Å². The van der Waals surface area contributed by atoms with Gasteiger partial charge in [0.2, 0.25) is 0 Å². The molecule has 0 aliphatic heterocycles. The van der Waals surface area contributed by atoms with Gasteiger partial charge in [-0.05, 0) is 44.9 Å². The Labute approximate surface area is 153 Å². The van der Waals surface area contributed by atoms with Crippen molar-refractivity contribution < 1.29 is 15.0 Å². The summed E-state index contributed by atoms with van der Waals surface area (Å²) in [6.45, 7) is 2.11. The molecule has 3 heteroatoms. The molecule has 0 spiro atoms. The van der Waals surface area contributed by atoms with Gasteiger partial charge in [0, 0.05) is 6.42 Å². The van der Waals surface area contributed by atoms with Crippen molar-refractivity contribution in [2.75, 3.05) is 0 Å². The predicted octanol–water partition coefficient (Wildman–Crippen LogP) is 5.74. The maximum Gasteiger partial charge on any atom is 0.303 e. The van der Waals surface area contributed by atoms with Crippen molar-refractivity contribution in [1.82, 2.24) is 0 Å². The lowest BCUT2D eigenvalue weighted by Gasteiger charge is -1.98. The molecule has 0 amide bonds. The zero-order valence-corrected chi connectivity index (χ0v) is 15.5. The zero-order chi connectivity index (χ0) is 18.6. The van der Waals surface area contributed by atoms with E-state index in [-0.39, 0.29) is 6.42 Å². The summed E-state index contributed by atoms with van der Waals surface area (Å²) in [4.78, 5) is 10.4. The first kappa shape index (κ1) is 23.1. The predicted molar refractivity (Wildman–Crippen MR) is 107 cm³/mol. The number of rotatable bonds is 15. The van der Waals surface area contributed by atoms with Crippen molar-refractivity contribution in [3.63, 3.8) is 0 Å². The molecule has 0 radical (unpaired) electrons. The Balaban J connectivity index is 3.62. The fourth-order valence-electron chi connectivity index (χ4n) is 2.11. The minimum Gasteiger partial charge on any atom is -0.481 e. The maximum absolute atomic E-state index is 10.4. The summed E-state index contributed by atoms with van der Waals surface area (Å²) in [6, 6.07) is 0. The van der Waals surface area contributed by atoms with E-state index in [9.17, 15) is 9.90 Å². The molecule has 1 unspecified atom stereocenters. The van der Waals surface area contributed by atoms with Crippen LogP contribution in [0.5, 0.6) is 0 Å². The number of carbonyl (C=O) groups is 1. The zero-order valence-electron chi connectivity index (χ0n) is 15.5. The first-order chi connectivity index (χ1) is 12.2. The Kier molecular flexibility index (Phi) is 17.1. The first-order valence-corrected chi connectivity index (χ1v) is 9.35.